The number of rotatable bonds is 7. The Morgan fingerprint density at radius 1 is 1.05 bits per heavy atom. The molecule has 0 amide bonds. The van der Waals surface area contributed by atoms with Crippen molar-refractivity contribution in [2.24, 2.45) is 0 Å². The number of nitrogens with one attached hydrogen (secondary N) is 1. The maximum absolute atomic E-state index is 5.25. The van der Waals surface area contributed by atoms with E-state index in [0.29, 0.717) is 18.3 Å². The summed E-state index contributed by atoms with van der Waals surface area (Å²) < 4.78 is 10.5. The van der Waals surface area contributed by atoms with Crippen molar-refractivity contribution in [3.05, 3.63) is 47.3 Å². The maximum Gasteiger partial charge on any atom is 0.224 e. The second kappa shape index (κ2) is 7.59. The van der Waals surface area contributed by atoms with E-state index in [1.165, 1.54) is 17.5 Å². The zero-order valence-electron chi connectivity index (χ0n) is 12.7. The molecule has 2 aromatic rings. The van der Waals surface area contributed by atoms with E-state index in [-0.39, 0.29) is 0 Å². The number of aromatic nitrogens is 2. The summed E-state index contributed by atoms with van der Waals surface area (Å²) in [6.07, 6.45) is 2.42. The van der Waals surface area contributed by atoms with Crippen molar-refractivity contribution in [2.45, 2.75) is 19.9 Å². The zero-order chi connectivity index (χ0) is 15.1. The Hall–Kier alpha value is -2.14. The van der Waals surface area contributed by atoms with Crippen LogP contribution in [0.5, 0.6) is 11.8 Å². The third-order valence-electron chi connectivity index (χ3n) is 3.39. The lowest BCUT2D eigenvalue weighted by Gasteiger charge is -2.12. The smallest absolute Gasteiger partial charge is 0.224 e. The van der Waals surface area contributed by atoms with E-state index in [1.54, 1.807) is 14.2 Å². The highest BCUT2D eigenvalue weighted by Gasteiger charge is 2.12. The normalized spacial score (nSPS) is 10.4. The first-order chi connectivity index (χ1) is 10.3. The number of ether oxygens (including phenoxy) is 2. The molecule has 0 radical (unpaired) electrons. The molecule has 5 nitrogen and oxygen atoms in total. The molecule has 1 aromatic heterocycles. The number of hydrogen-bond donors (Lipinski definition) is 1. The molecule has 0 fully saturated rings. The summed E-state index contributed by atoms with van der Waals surface area (Å²) in [6.45, 7) is 3.61. The molecular formula is C16H21N3O2. The van der Waals surface area contributed by atoms with Crippen LogP contribution in [-0.4, -0.2) is 30.7 Å². The van der Waals surface area contributed by atoms with Gasteiger partial charge in [0.2, 0.25) is 11.8 Å². The molecule has 0 bridgehead atoms. The number of hydrogen-bond acceptors (Lipinski definition) is 5. The Bertz CT molecular complexity index is 565. The van der Waals surface area contributed by atoms with Gasteiger partial charge in [-0.15, -0.1) is 0 Å². The summed E-state index contributed by atoms with van der Waals surface area (Å²) in [5, 5.41) is 3.39. The van der Waals surface area contributed by atoms with E-state index in [1.807, 2.05) is 0 Å². The zero-order valence-corrected chi connectivity index (χ0v) is 12.7. The van der Waals surface area contributed by atoms with Crippen LogP contribution in [-0.2, 0) is 13.0 Å². The highest BCUT2D eigenvalue weighted by Crippen LogP contribution is 2.22. The molecular weight excluding hydrogens is 266 g/mol. The first kappa shape index (κ1) is 15.3. The molecule has 0 atom stereocenters. The van der Waals surface area contributed by atoms with Crippen molar-refractivity contribution in [3.63, 3.8) is 0 Å². The lowest BCUT2D eigenvalue weighted by atomic mass is 10.1. The van der Waals surface area contributed by atoms with Gasteiger partial charge in [0.15, 0.2) is 0 Å². The van der Waals surface area contributed by atoms with Crippen LogP contribution in [0.3, 0.4) is 0 Å². The summed E-state index contributed by atoms with van der Waals surface area (Å²) in [6, 6.07) is 8.42. The third kappa shape index (κ3) is 3.92. The highest BCUT2D eigenvalue weighted by molar-refractivity contribution is 5.34. The first-order valence-electron chi connectivity index (χ1n) is 6.93. The van der Waals surface area contributed by atoms with Gasteiger partial charge in [0, 0.05) is 6.54 Å². The summed E-state index contributed by atoms with van der Waals surface area (Å²) in [5.41, 5.74) is 3.51. The lowest BCUT2D eigenvalue weighted by Crippen LogP contribution is -2.18. The summed E-state index contributed by atoms with van der Waals surface area (Å²) in [7, 11) is 3.19. The number of benzene rings is 1. The van der Waals surface area contributed by atoms with Crippen molar-refractivity contribution in [3.8, 4) is 11.8 Å². The van der Waals surface area contributed by atoms with E-state index < -0.39 is 0 Å². The number of nitrogens with zero attached hydrogens (tertiary/aromatic N) is 2. The van der Waals surface area contributed by atoms with Gasteiger partial charge in [0.05, 0.1) is 19.8 Å². The summed E-state index contributed by atoms with van der Waals surface area (Å²) in [4.78, 5) is 8.21. The molecule has 0 aliphatic carbocycles. The molecule has 1 heterocycles. The molecule has 0 spiro atoms. The molecule has 21 heavy (non-hydrogen) atoms. The van der Waals surface area contributed by atoms with Crippen molar-refractivity contribution in [2.75, 3.05) is 20.8 Å². The average molecular weight is 287 g/mol. The predicted octanol–water partition coefficient (Wildman–Crippen LogP) is 2.13. The van der Waals surface area contributed by atoms with E-state index >= 15 is 0 Å². The Morgan fingerprint density at radius 3 is 2.33 bits per heavy atom. The second-order valence-electron chi connectivity index (χ2n) is 4.72. The standard InChI is InChI=1S/C16H21N3O2/c1-12-6-4-5-7-13(12)8-9-17-10-14-15(20-2)18-11-19-16(14)21-3/h4-7,11,17H,8-10H2,1-3H3. The fraction of sp³-hybridized carbons (Fsp3) is 0.375. The molecule has 0 saturated heterocycles. The predicted molar refractivity (Wildman–Crippen MR) is 81.7 cm³/mol. The quantitative estimate of drug-likeness (QED) is 0.791. The van der Waals surface area contributed by atoms with Gasteiger partial charge in [0.1, 0.15) is 6.33 Å². The minimum absolute atomic E-state index is 0.547. The van der Waals surface area contributed by atoms with Crippen LogP contribution in [0, 0.1) is 6.92 Å². The monoisotopic (exact) mass is 287 g/mol. The SMILES string of the molecule is COc1ncnc(OC)c1CNCCc1ccccc1C. The highest BCUT2D eigenvalue weighted by atomic mass is 16.5. The van der Waals surface area contributed by atoms with Crippen LogP contribution in [0.15, 0.2) is 30.6 Å². The van der Waals surface area contributed by atoms with E-state index in [4.69, 9.17) is 9.47 Å². The summed E-state index contributed by atoms with van der Waals surface area (Å²) in [5.74, 6) is 1.09. The van der Waals surface area contributed by atoms with E-state index in [9.17, 15) is 0 Å². The topological polar surface area (TPSA) is 56.3 Å². The third-order valence-corrected chi connectivity index (χ3v) is 3.39. The molecule has 2 rings (SSSR count). The fourth-order valence-electron chi connectivity index (χ4n) is 2.21. The number of aryl methyl sites for hydroxylation is 1. The molecule has 1 aromatic carbocycles. The Labute approximate surface area is 125 Å². The average Bonchev–Trinajstić information content (AvgIpc) is 2.52. The van der Waals surface area contributed by atoms with Crippen molar-refractivity contribution in [1.82, 2.24) is 15.3 Å². The van der Waals surface area contributed by atoms with Crippen LogP contribution in [0.4, 0.5) is 0 Å². The largest absolute Gasteiger partial charge is 0.481 e. The maximum atomic E-state index is 5.25. The van der Waals surface area contributed by atoms with Crippen LogP contribution >= 0.6 is 0 Å². The molecule has 0 aliphatic heterocycles. The van der Waals surface area contributed by atoms with Gasteiger partial charge in [-0.2, -0.15) is 0 Å². The Morgan fingerprint density at radius 2 is 1.71 bits per heavy atom. The van der Waals surface area contributed by atoms with Gasteiger partial charge in [-0.05, 0) is 31.0 Å². The molecule has 0 unspecified atom stereocenters. The Kier molecular flexibility index (Phi) is 5.51. The molecule has 112 valence electrons. The van der Waals surface area contributed by atoms with Crippen LogP contribution in [0.25, 0.3) is 0 Å². The van der Waals surface area contributed by atoms with Crippen LogP contribution < -0.4 is 14.8 Å². The first-order valence-corrected chi connectivity index (χ1v) is 6.93. The summed E-state index contributed by atoms with van der Waals surface area (Å²) >= 11 is 0. The van der Waals surface area contributed by atoms with E-state index in [2.05, 4.69) is 46.5 Å². The van der Waals surface area contributed by atoms with Crippen LogP contribution in [0.1, 0.15) is 16.7 Å². The molecule has 0 aliphatic rings. The molecule has 0 saturated carbocycles. The number of methoxy groups -OCH3 is 2. The Balaban J connectivity index is 1.93. The van der Waals surface area contributed by atoms with Gasteiger partial charge in [-0.1, -0.05) is 24.3 Å². The van der Waals surface area contributed by atoms with Crippen LogP contribution in [0.2, 0.25) is 0 Å². The van der Waals surface area contributed by atoms with Crippen molar-refractivity contribution >= 4 is 0 Å². The minimum atomic E-state index is 0.547. The lowest BCUT2D eigenvalue weighted by molar-refractivity contribution is 0.359. The molecule has 1 N–H and O–H groups in total. The van der Waals surface area contributed by atoms with Gasteiger partial charge in [-0.3, -0.25) is 0 Å². The minimum Gasteiger partial charge on any atom is -0.481 e. The second-order valence-corrected chi connectivity index (χ2v) is 4.72. The van der Waals surface area contributed by atoms with Gasteiger partial charge < -0.3 is 14.8 Å². The van der Waals surface area contributed by atoms with Gasteiger partial charge in [-0.25, -0.2) is 9.97 Å². The van der Waals surface area contributed by atoms with Gasteiger partial charge >= 0.3 is 0 Å². The van der Waals surface area contributed by atoms with Crippen molar-refractivity contribution < 1.29 is 9.47 Å². The van der Waals surface area contributed by atoms with Crippen molar-refractivity contribution in [1.29, 1.82) is 0 Å². The van der Waals surface area contributed by atoms with Gasteiger partial charge in [0.25, 0.3) is 0 Å². The van der Waals surface area contributed by atoms with E-state index in [0.717, 1.165) is 18.5 Å². The molecule has 5 heteroatoms. The fourth-order valence-corrected chi connectivity index (χ4v) is 2.21.